The summed E-state index contributed by atoms with van der Waals surface area (Å²) >= 11 is 0. The molecule has 0 spiro atoms. The Morgan fingerprint density at radius 2 is 2.21 bits per heavy atom. The van der Waals surface area contributed by atoms with Crippen LogP contribution in [0.3, 0.4) is 0 Å². The maximum absolute atomic E-state index is 11.0. The van der Waals surface area contributed by atoms with Crippen molar-refractivity contribution >= 4 is 15.5 Å². The summed E-state index contributed by atoms with van der Waals surface area (Å²) in [6, 6.07) is 1.92. The van der Waals surface area contributed by atoms with Crippen molar-refractivity contribution in [1.82, 2.24) is 19.9 Å². The second kappa shape index (κ2) is 5.66. The molecule has 7 heteroatoms. The Labute approximate surface area is 112 Å². The van der Waals surface area contributed by atoms with E-state index in [1.807, 2.05) is 19.2 Å². The number of sulfone groups is 1. The third-order valence-corrected chi connectivity index (χ3v) is 3.72. The molecular formula is C12H18N4O2S. The van der Waals surface area contributed by atoms with Gasteiger partial charge in [0, 0.05) is 36.8 Å². The minimum atomic E-state index is -2.86. The summed E-state index contributed by atoms with van der Waals surface area (Å²) in [4.78, 5) is 4.30. The summed E-state index contributed by atoms with van der Waals surface area (Å²) in [5, 5.41) is 7.50. The van der Waals surface area contributed by atoms with Crippen molar-refractivity contribution in [3.8, 4) is 0 Å². The Morgan fingerprint density at radius 1 is 1.42 bits per heavy atom. The molecule has 0 aromatic carbocycles. The zero-order chi connectivity index (χ0) is 13.9. The Bertz CT molecular complexity index is 663. The Hall–Kier alpha value is -1.47. The molecule has 1 N–H and O–H groups in total. The van der Waals surface area contributed by atoms with E-state index in [1.54, 1.807) is 10.7 Å². The first-order chi connectivity index (χ1) is 8.94. The number of hydrogen-bond donors (Lipinski definition) is 1. The van der Waals surface area contributed by atoms with Gasteiger partial charge in [0.1, 0.15) is 9.84 Å². The van der Waals surface area contributed by atoms with Crippen LogP contribution >= 0.6 is 0 Å². The van der Waals surface area contributed by atoms with Crippen LogP contribution in [-0.4, -0.2) is 41.6 Å². The van der Waals surface area contributed by atoms with Gasteiger partial charge in [-0.05, 0) is 19.9 Å². The number of nitrogens with one attached hydrogen (secondary N) is 1. The molecule has 2 heterocycles. The minimum Gasteiger partial charge on any atom is -0.313 e. The van der Waals surface area contributed by atoms with E-state index in [0.717, 1.165) is 16.9 Å². The van der Waals surface area contributed by atoms with Crippen molar-refractivity contribution in [3.05, 3.63) is 29.7 Å². The highest BCUT2D eigenvalue weighted by molar-refractivity contribution is 7.90. The van der Waals surface area contributed by atoms with Gasteiger partial charge in [0.05, 0.1) is 11.4 Å². The lowest BCUT2D eigenvalue weighted by molar-refractivity contribution is 0.594. The number of rotatable bonds is 6. The second-order valence-electron chi connectivity index (χ2n) is 4.71. The van der Waals surface area contributed by atoms with Crippen LogP contribution in [0.4, 0.5) is 0 Å². The number of fused-ring (bicyclic) bond motifs is 1. The van der Waals surface area contributed by atoms with E-state index in [1.165, 1.54) is 6.26 Å². The molecule has 19 heavy (non-hydrogen) atoms. The van der Waals surface area contributed by atoms with Gasteiger partial charge in [-0.1, -0.05) is 0 Å². The first-order valence-corrected chi connectivity index (χ1v) is 8.19. The van der Waals surface area contributed by atoms with Crippen molar-refractivity contribution in [2.45, 2.75) is 19.9 Å². The van der Waals surface area contributed by atoms with E-state index in [4.69, 9.17) is 0 Å². The number of aryl methyl sites for hydroxylation is 1. The predicted molar refractivity (Wildman–Crippen MR) is 73.8 cm³/mol. The first-order valence-electron chi connectivity index (χ1n) is 6.13. The average Bonchev–Trinajstić information content (AvgIpc) is 2.66. The molecule has 0 radical (unpaired) electrons. The van der Waals surface area contributed by atoms with Gasteiger partial charge in [0.25, 0.3) is 0 Å². The van der Waals surface area contributed by atoms with Gasteiger partial charge >= 0.3 is 0 Å². The third-order valence-electron chi connectivity index (χ3n) is 2.69. The highest BCUT2D eigenvalue weighted by Gasteiger charge is 2.02. The quantitative estimate of drug-likeness (QED) is 0.784. The number of aromatic nitrogens is 3. The summed E-state index contributed by atoms with van der Waals surface area (Å²) in [6.07, 6.45) is 5.61. The molecule has 0 aliphatic heterocycles. The predicted octanol–water partition coefficient (Wildman–Crippen LogP) is 0.562. The summed E-state index contributed by atoms with van der Waals surface area (Å²) in [7, 11) is -2.86. The van der Waals surface area contributed by atoms with Crippen LogP contribution in [-0.2, 0) is 16.4 Å². The van der Waals surface area contributed by atoms with Crippen LogP contribution in [0.5, 0.6) is 0 Å². The Balaban J connectivity index is 1.84. The molecule has 0 saturated heterocycles. The Morgan fingerprint density at radius 3 is 2.95 bits per heavy atom. The van der Waals surface area contributed by atoms with Crippen molar-refractivity contribution < 1.29 is 8.42 Å². The first kappa shape index (κ1) is 14.0. The molecule has 0 amide bonds. The van der Waals surface area contributed by atoms with E-state index in [0.29, 0.717) is 19.5 Å². The standard InChI is InChI=1S/C12H18N4O2S/c1-10-6-12-14-8-11(9-16(12)15-10)7-13-4-3-5-19(2,17)18/h6,8-9,13H,3-5,7H2,1-2H3. The summed E-state index contributed by atoms with van der Waals surface area (Å²) in [5.74, 6) is 0.218. The van der Waals surface area contributed by atoms with Gasteiger partial charge in [-0.3, -0.25) is 0 Å². The monoisotopic (exact) mass is 282 g/mol. The molecule has 0 saturated carbocycles. The van der Waals surface area contributed by atoms with Crippen molar-refractivity contribution in [2.24, 2.45) is 0 Å². The maximum Gasteiger partial charge on any atom is 0.155 e. The van der Waals surface area contributed by atoms with Gasteiger partial charge in [0.15, 0.2) is 5.65 Å². The molecule has 2 rings (SSSR count). The van der Waals surface area contributed by atoms with Crippen LogP contribution in [0.2, 0.25) is 0 Å². The zero-order valence-electron chi connectivity index (χ0n) is 11.1. The maximum atomic E-state index is 11.0. The Kier molecular flexibility index (Phi) is 4.16. The summed E-state index contributed by atoms with van der Waals surface area (Å²) in [6.45, 7) is 3.26. The van der Waals surface area contributed by atoms with Crippen LogP contribution in [0.1, 0.15) is 17.7 Å². The molecule has 0 bridgehead atoms. The molecule has 2 aromatic rings. The summed E-state index contributed by atoms with van der Waals surface area (Å²) < 4.78 is 23.7. The molecule has 0 atom stereocenters. The largest absolute Gasteiger partial charge is 0.313 e. The molecular weight excluding hydrogens is 264 g/mol. The smallest absolute Gasteiger partial charge is 0.155 e. The van der Waals surface area contributed by atoms with E-state index in [-0.39, 0.29) is 5.75 Å². The number of nitrogens with zero attached hydrogens (tertiary/aromatic N) is 3. The van der Waals surface area contributed by atoms with Crippen LogP contribution in [0, 0.1) is 6.92 Å². The average molecular weight is 282 g/mol. The lowest BCUT2D eigenvalue weighted by atomic mass is 10.3. The highest BCUT2D eigenvalue weighted by Crippen LogP contribution is 2.04. The van der Waals surface area contributed by atoms with E-state index >= 15 is 0 Å². The van der Waals surface area contributed by atoms with Crippen molar-refractivity contribution in [2.75, 3.05) is 18.6 Å². The van der Waals surface area contributed by atoms with Gasteiger partial charge in [0.2, 0.25) is 0 Å². The fraction of sp³-hybridized carbons (Fsp3) is 0.500. The van der Waals surface area contributed by atoms with Gasteiger partial charge in [-0.2, -0.15) is 5.10 Å². The number of hydrogen-bond acceptors (Lipinski definition) is 5. The van der Waals surface area contributed by atoms with Gasteiger partial charge in [-0.15, -0.1) is 0 Å². The molecule has 104 valence electrons. The van der Waals surface area contributed by atoms with Crippen LogP contribution in [0.15, 0.2) is 18.5 Å². The van der Waals surface area contributed by atoms with E-state index < -0.39 is 9.84 Å². The minimum absolute atomic E-state index is 0.218. The molecule has 0 aliphatic rings. The molecule has 0 unspecified atom stereocenters. The third kappa shape index (κ3) is 4.29. The topological polar surface area (TPSA) is 76.4 Å². The molecule has 6 nitrogen and oxygen atoms in total. The molecule has 0 fully saturated rings. The van der Waals surface area contributed by atoms with E-state index in [2.05, 4.69) is 15.4 Å². The normalized spacial score (nSPS) is 12.1. The molecule has 0 aliphatic carbocycles. The van der Waals surface area contributed by atoms with Crippen molar-refractivity contribution in [3.63, 3.8) is 0 Å². The fourth-order valence-corrected chi connectivity index (χ4v) is 2.49. The lowest BCUT2D eigenvalue weighted by Gasteiger charge is -2.04. The van der Waals surface area contributed by atoms with Gasteiger partial charge < -0.3 is 5.32 Å². The van der Waals surface area contributed by atoms with Crippen molar-refractivity contribution in [1.29, 1.82) is 0 Å². The van der Waals surface area contributed by atoms with E-state index in [9.17, 15) is 8.42 Å². The SMILES string of the molecule is Cc1cc2ncc(CNCCCS(C)(=O)=O)cn2n1. The second-order valence-corrected chi connectivity index (χ2v) is 6.97. The van der Waals surface area contributed by atoms with Crippen LogP contribution < -0.4 is 5.32 Å². The molecule has 2 aromatic heterocycles. The van der Waals surface area contributed by atoms with Gasteiger partial charge in [-0.25, -0.2) is 17.9 Å². The lowest BCUT2D eigenvalue weighted by Crippen LogP contribution is -2.18. The highest BCUT2D eigenvalue weighted by atomic mass is 32.2. The fourth-order valence-electron chi connectivity index (χ4n) is 1.82. The summed E-state index contributed by atoms with van der Waals surface area (Å²) in [5.41, 5.74) is 2.79. The van der Waals surface area contributed by atoms with Crippen LogP contribution in [0.25, 0.3) is 5.65 Å². The zero-order valence-corrected chi connectivity index (χ0v) is 11.9.